The van der Waals surface area contributed by atoms with Crippen LogP contribution in [-0.4, -0.2) is 29.5 Å². The molecule has 1 aliphatic heterocycles. The van der Waals surface area contributed by atoms with Crippen LogP contribution in [-0.2, 0) is 10.3 Å². The van der Waals surface area contributed by atoms with E-state index in [4.69, 9.17) is 16.3 Å². The Balaban J connectivity index is 1.59. The predicted octanol–water partition coefficient (Wildman–Crippen LogP) is 3.22. The topological polar surface area (TPSA) is 63.2 Å². The predicted molar refractivity (Wildman–Crippen MR) is 100 cm³/mol. The highest BCUT2D eigenvalue weighted by Crippen LogP contribution is 2.54. The molecule has 0 radical (unpaired) electrons. The van der Waals surface area contributed by atoms with Crippen molar-refractivity contribution in [2.24, 2.45) is 5.92 Å². The number of thiol groups is 1. The Morgan fingerprint density at radius 1 is 1.38 bits per heavy atom. The second-order valence-corrected chi connectivity index (χ2v) is 7.64. The lowest BCUT2D eigenvalue weighted by atomic mass is 10.0. The van der Waals surface area contributed by atoms with Crippen LogP contribution in [0, 0.1) is 11.7 Å². The van der Waals surface area contributed by atoms with E-state index in [1.54, 1.807) is 12.1 Å². The lowest BCUT2D eigenvalue weighted by molar-refractivity contribution is 0.102. The Labute approximate surface area is 160 Å². The number of benzene rings is 1. The van der Waals surface area contributed by atoms with Gasteiger partial charge in [-0.25, -0.2) is 9.37 Å². The quantitative estimate of drug-likeness (QED) is 0.701. The molecule has 8 heteroatoms. The number of amides is 1. The molecule has 3 atom stereocenters. The van der Waals surface area contributed by atoms with Crippen LogP contribution in [0.4, 0.5) is 10.1 Å². The zero-order valence-corrected chi connectivity index (χ0v) is 15.4. The van der Waals surface area contributed by atoms with Gasteiger partial charge in [0.2, 0.25) is 0 Å². The number of anilines is 1. The average molecular weight is 394 g/mol. The van der Waals surface area contributed by atoms with Gasteiger partial charge in [-0.05, 0) is 36.8 Å². The number of halogens is 2. The van der Waals surface area contributed by atoms with Crippen LogP contribution in [0.5, 0.6) is 0 Å². The first-order valence-electron chi connectivity index (χ1n) is 8.24. The number of hydrogen-bond acceptors (Lipinski definition) is 5. The fourth-order valence-electron chi connectivity index (χ4n) is 3.43. The van der Waals surface area contributed by atoms with Crippen LogP contribution < -0.4 is 10.6 Å². The molecule has 136 valence electrons. The van der Waals surface area contributed by atoms with Gasteiger partial charge >= 0.3 is 0 Å². The molecular formula is C18H17ClFN3O2S. The van der Waals surface area contributed by atoms with Gasteiger partial charge in [0.1, 0.15) is 11.5 Å². The van der Waals surface area contributed by atoms with E-state index in [1.807, 2.05) is 0 Å². The molecule has 4 rings (SSSR count). The van der Waals surface area contributed by atoms with Crippen molar-refractivity contribution in [3.8, 4) is 0 Å². The lowest BCUT2D eigenvalue weighted by Gasteiger charge is -2.22. The summed E-state index contributed by atoms with van der Waals surface area (Å²) in [5.41, 5.74) is 0.769. The minimum atomic E-state index is -0.494. The molecular weight excluding hydrogens is 377 g/mol. The molecule has 1 saturated carbocycles. The third kappa shape index (κ3) is 3.32. The average Bonchev–Trinajstić information content (AvgIpc) is 3.31. The van der Waals surface area contributed by atoms with Gasteiger partial charge in [0.05, 0.1) is 29.1 Å². The normalized spacial score (nSPS) is 27.3. The van der Waals surface area contributed by atoms with E-state index in [9.17, 15) is 9.18 Å². The summed E-state index contributed by atoms with van der Waals surface area (Å²) < 4.78 is 20.1. The molecule has 2 aliphatic rings. The minimum Gasteiger partial charge on any atom is -0.379 e. The van der Waals surface area contributed by atoms with E-state index >= 15 is 0 Å². The van der Waals surface area contributed by atoms with E-state index in [2.05, 4.69) is 28.2 Å². The monoisotopic (exact) mass is 393 g/mol. The van der Waals surface area contributed by atoms with Gasteiger partial charge in [-0.1, -0.05) is 11.6 Å². The van der Waals surface area contributed by atoms with Crippen molar-refractivity contribution in [2.45, 2.75) is 17.3 Å². The maximum atomic E-state index is 14.5. The highest BCUT2D eigenvalue weighted by Gasteiger charge is 2.58. The lowest BCUT2D eigenvalue weighted by Crippen LogP contribution is -2.38. The van der Waals surface area contributed by atoms with Gasteiger partial charge < -0.3 is 10.1 Å². The van der Waals surface area contributed by atoms with Gasteiger partial charge in [-0.2, -0.15) is 12.6 Å². The Kier molecular flexibility index (Phi) is 4.64. The molecule has 1 aromatic carbocycles. The van der Waals surface area contributed by atoms with Crippen LogP contribution in [0.25, 0.3) is 0 Å². The summed E-state index contributed by atoms with van der Waals surface area (Å²) in [5, 5.41) is 6.41. The summed E-state index contributed by atoms with van der Waals surface area (Å²) in [6.45, 7) is 1.04. The van der Waals surface area contributed by atoms with Gasteiger partial charge in [0, 0.05) is 23.4 Å². The van der Waals surface area contributed by atoms with E-state index in [1.165, 1.54) is 24.4 Å². The first kappa shape index (κ1) is 17.7. The zero-order chi connectivity index (χ0) is 18.3. The summed E-state index contributed by atoms with van der Waals surface area (Å²) >= 11 is 10.2. The van der Waals surface area contributed by atoms with Crippen LogP contribution in [0.1, 0.15) is 22.5 Å². The summed E-state index contributed by atoms with van der Waals surface area (Å²) in [6.07, 6.45) is 2.18. The maximum Gasteiger partial charge on any atom is 0.274 e. The van der Waals surface area contributed by atoms with Gasteiger partial charge in [0.15, 0.2) is 0 Å². The standard InChI is InChI=1S/C18H17ClFN3O2S/c19-11-1-4-15(21-7-11)17(24)22-12-2-3-14(20)13(5-12)18-6-10(18)8-25-9-16(26)23-18/h1-5,7,10,16,23,26H,6,8-9H2,(H,22,24). The summed E-state index contributed by atoms with van der Waals surface area (Å²) in [7, 11) is 0. The number of pyridine rings is 1. The summed E-state index contributed by atoms with van der Waals surface area (Å²) in [6, 6.07) is 7.70. The van der Waals surface area contributed by atoms with Gasteiger partial charge in [-0.15, -0.1) is 0 Å². The Morgan fingerprint density at radius 3 is 3.00 bits per heavy atom. The van der Waals surface area contributed by atoms with Crippen molar-refractivity contribution in [1.29, 1.82) is 0 Å². The number of carbonyl (C=O) groups excluding carboxylic acids is 1. The molecule has 0 spiro atoms. The van der Waals surface area contributed by atoms with Gasteiger partial charge in [0.25, 0.3) is 5.91 Å². The van der Waals surface area contributed by atoms with Crippen molar-refractivity contribution in [3.63, 3.8) is 0 Å². The molecule has 2 fully saturated rings. The van der Waals surface area contributed by atoms with Crippen LogP contribution in [0.3, 0.4) is 0 Å². The molecule has 5 nitrogen and oxygen atoms in total. The van der Waals surface area contributed by atoms with E-state index in [0.717, 1.165) is 6.42 Å². The smallest absolute Gasteiger partial charge is 0.274 e. The highest BCUT2D eigenvalue weighted by atomic mass is 35.5. The van der Waals surface area contributed by atoms with E-state index in [0.29, 0.717) is 29.5 Å². The molecule has 0 bridgehead atoms. The number of fused-ring (bicyclic) bond motifs is 1. The molecule has 1 aromatic heterocycles. The molecule has 1 saturated heterocycles. The summed E-state index contributed by atoms with van der Waals surface area (Å²) in [5.74, 6) is -0.503. The van der Waals surface area contributed by atoms with Crippen molar-refractivity contribution in [1.82, 2.24) is 10.3 Å². The molecule has 2 aromatic rings. The zero-order valence-electron chi connectivity index (χ0n) is 13.7. The first-order chi connectivity index (χ1) is 12.5. The second-order valence-electron chi connectivity index (χ2n) is 6.58. The van der Waals surface area contributed by atoms with Crippen LogP contribution in [0.2, 0.25) is 5.02 Å². The van der Waals surface area contributed by atoms with E-state index in [-0.39, 0.29) is 28.7 Å². The molecule has 26 heavy (non-hydrogen) atoms. The first-order valence-corrected chi connectivity index (χ1v) is 9.14. The molecule has 2 heterocycles. The fourth-order valence-corrected chi connectivity index (χ4v) is 3.87. The molecule has 1 aliphatic carbocycles. The largest absolute Gasteiger partial charge is 0.379 e. The molecule has 1 amide bonds. The molecule has 2 N–H and O–H groups in total. The third-order valence-electron chi connectivity index (χ3n) is 4.79. The SMILES string of the molecule is O=C(Nc1ccc(F)c(C23CC2COCC(S)N3)c1)c1ccc(Cl)cn1. The van der Waals surface area contributed by atoms with Crippen molar-refractivity contribution in [2.75, 3.05) is 18.5 Å². The Morgan fingerprint density at radius 2 is 2.23 bits per heavy atom. The van der Waals surface area contributed by atoms with E-state index < -0.39 is 5.54 Å². The van der Waals surface area contributed by atoms with Gasteiger partial charge in [-0.3, -0.25) is 10.1 Å². The fraction of sp³-hybridized carbons (Fsp3) is 0.333. The number of nitrogens with zero attached hydrogens (tertiary/aromatic N) is 1. The number of carbonyl (C=O) groups is 1. The third-order valence-corrected chi connectivity index (χ3v) is 5.29. The number of nitrogens with one attached hydrogen (secondary N) is 2. The van der Waals surface area contributed by atoms with Crippen molar-refractivity contribution < 1.29 is 13.9 Å². The number of rotatable bonds is 3. The van der Waals surface area contributed by atoms with Crippen LogP contribution >= 0.6 is 24.2 Å². The highest BCUT2D eigenvalue weighted by molar-refractivity contribution is 7.80. The summed E-state index contributed by atoms with van der Waals surface area (Å²) in [4.78, 5) is 16.3. The number of ether oxygens (including phenoxy) is 1. The van der Waals surface area contributed by atoms with Crippen LogP contribution in [0.15, 0.2) is 36.5 Å². The molecule has 3 unspecified atom stereocenters. The second kappa shape index (κ2) is 6.81. The number of aromatic nitrogens is 1. The Hall–Kier alpha value is -1.67. The number of hydrogen-bond donors (Lipinski definition) is 3. The minimum absolute atomic E-state index is 0.168. The maximum absolute atomic E-state index is 14.5. The Bertz CT molecular complexity index is 851. The van der Waals surface area contributed by atoms with Crippen molar-refractivity contribution in [3.05, 3.63) is 58.6 Å². The van der Waals surface area contributed by atoms with Crippen molar-refractivity contribution >= 4 is 35.8 Å².